The Bertz CT molecular complexity index is 272. The van der Waals surface area contributed by atoms with E-state index in [-0.39, 0.29) is 25.2 Å². The maximum Gasteiger partial charge on any atom is 0.341 e. The summed E-state index contributed by atoms with van der Waals surface area (Å²) in [6, 6.07) is 1.66. The van der Waals surface area contributed by atoms with E-state index in [4.69, 9.17) is 16.9 Å². The molecule has 0 spiro atoms. The SMILES string of the molecule is CCOC(=O)C(Cl)(C#N)CCC(C)=O. The Labute approximate surface area is 87.8 Å². The first-order valence-electron chi connectivity index (χ1n) is 4.23. The lowest BCUT2D eigenvalue weighted by Gasteiger charge is -2.15. The van der Waals surface area contributed by atoms with Crippen LogP contribution in [-0.4, -0.2) is 23.2 Å². The summed E-state index contributed by atoms with van der Waals surface area (Å²) >= 11 is 5.71. The number of esters is 1. The Hall–Kier alpha value is -1.08. The molecule has 0 aliphatic rings. The van der Waals surface area contributed by atoms with E-state index in [2.05, 4.69) is 4.74 Å². The number of nitriles is 1. The number of alkyl halides is 1. The number of carbonyl (C=O) groups is 2. The number of hydrogen-bond donors (Lipinski definition) is 0. The highest BCUT2D eigenvalue weighted by Crippen LogP contribution is 2.22. The molecule has 1 atom stereocenters. The summed E-state index contributed by atoms with van der Waals surface area (Å²) in [5, 5.41) is 8.70. The van der Waals surface area contributed by atoms with Crippen LogP contribution in [0.1, 0.15) is 26.7 Å². The highest BCUT2D eigenvalue weighted by molar-refractivity contribution is 6.36. The lowest BCUT2D eigenvalue weighted by Crippen LogP contribution is -2.33. The van der Waals surface area contributed by atoms with E-state index < -0.39 is 10.8 Å². The van der Waals surface area contributed by atoms with Gasteiger partial charge in [-0.15, -0.1) is 0 Å². The topological polar surface area (TPSA) is 67.2 Å². The first-order valence-corrected chi connectivity index (χ1v) is 4.61. The number of Topliss-reactive ketones (excluding diaryl/α,β-unsaturated/α-hetero) is 1. The minimum Gasteiger partial charge on any atom is -0.464 e. The molecule has 0 aliphatic heterocycles. The maximum atomic E-state index is 11.2. The summed E-state index contributed by atoms with van der Waals surface area (Å²) in [5.74, 6) is -0.903. The normalized spacial score (nSPS) is 13.9. The number of carbonyl (C=O) groups excluding carboxylic acids is 2. The molecule has 0 radical (unpaired) electrons. The Morgan fingerprint density at radius 1 is 1.57 bits per heavy atom. The zero-order chi connectivity index (χ0) is 11.2. The monoisotopic (exact) mass is 217 g/mol. The fraction of sp³-hybridized carbons (Fsp3) is 0.667. The Kier molecular flexibility index (Phi) is 5.18. The van der Waals surface area contributed by atoms with Crippen molar-refractivity contribution in [1.29, 1.82) is 5.26 Å². The molecule has 4 nitrogen and oxygen atoms in total. The van der Waals surface area contributed by atoms with E-state index in [0.29, 0.717) is 0 Å². The van der Waals surface area contributed by atoms with Gasteiger partial charge in [-0.1, -0.05) is 11.6 Å². The van der Waals surface area contributed by atoms with E-state index in [9.17, 15) is 9.59 Å². The largest absolute Gasteiger partial charge is 0.464 e. The van der Waals surface area contributed by atoms with Crippen molar-refractivity contribution >= 4 is 23.4 Å². The van der Waals surface area contributed by atoms with Gasteiger partial charge in [0.2, 0.25) is 4.87 Å². The van der Waals surface area contributed by atoms with Gasteiger partial charge in [-0.2, -0.15) is 5.26 Å². The zero-order valence-corrected chi connectivity index (χ0v) is 8.93. The van der Waals surface area contributed by atoms with Crippen molar-refractivity contribution in [3.8, 4) is 6.07 Å². The summed E-state index contributed by atoms with van der Waals surface area (Å²) in [6.07, 6.45) is 0.0785. The van der Waals surface area contributed by atoms with Crippen molar-refractivity contribution in [2.45, 2.75) is 31.6 Å². The molecule has 0 saturated heterocycles. The number of rotatable bonds is 5. The molecule has 0 aromatic carbocycles. The van der Waals surface area contributed by atoms with Crippen LogP contribution in [0.4, 0.5) is 0 Å². The van der Waals surface area contributed by atoms with Crippen LogP contribution in [0.2, 0.25) is 0 Å². The molecule has 0 heterocycles. The second kappa shape index (κ2) is 5.61. The fourth-order valence-corrected chi connectivity index (χ4v) is 0.946. The van der Waals surface area contributed by atoms with E-state index in [1.165, 1.54) is 6.92 Å². The minimum absolute atomic E-state index is 0.0147. The molecule has 14 heavy (non-hydrogen) atoms. The minimum atomic E-state index is -1.72. The average Bonchev–Trinajstić information content (AvgIpc) is 2.14. The Morgan fingerprint density at radius 3 is 2.50 bits per heavy atom. The van der Waals surface area contributed by atoms with E-state index in [0.717, 1.165) is 0 Å². The summed E-state index contributed by atoms with van der Waals surface area (Å²) in [7, 11) is 0. The molecule has 0 amide bonds. The number of nitrogens with zero attached hydrogens (tertiary/aromatic N) is 1. The van der Waals surface area contributed by atoms with Crippen LogP contribution in [-0.2, 0) is 14.3 Å². The summed E-state index contributed by atoms with van der Waals surface area (Å²) < 4.78 is 4.63. The van der Waals surface area contributed by atoms with Gasteiger partial charge < -0.3 is 9.53 Å². The molecule has 0 N–H and O–H groups in total. The number of hydrogen-bond acceptors (Lipinski definition) is 4. The van der Waals surface area contributed by atoms with Crippen LogP contribution in [0.5, 0.6) is 0 Å². The van der Waals surface area contributed by atoms with Crippen LogP contribution in [0.15, 0.2) is 0 Å². The molecule has 0 fully saturated rings. The van der Waals surface area contributed by atoms with Crippen molar-refractivity contribution in [1.82, 2.24) is 0 Å². The number of halogens is 1. The van der Waals surface area contributed by atoms with Gasteiger partial charge in [0.25, 0.3) is 0 Å². The van der Waals surface area contributed by atoms with Crippen molar-refractivity contribution in [3.63, 3.8) is 0 Å². The van der Waals surface area contributed by atoms with Crippen LogP contribution in [0.3, 0.4) is 0 Å². The zero-order valence-electron chi connectivity index (χ0n) is 8.17. The van der Waals surface area contributed by atoms with Gasteiger partial charge in [0, 0.05) is 6.42 Å². The molecule has 0 rings (SSSR count). The quantitative estimate of drug-likeness (QED) is 0.516. The lowest BCUT2D eigenvalue weighted by atomic mass is 10.0. The van der Waals surface area contributed by atoms with Crippen LogP contribution in [0.25, 0.3) is 0 Å². The van der Waals surface area contributed by atoms with Gasteiger partial charge in [0.15, 0.2) is 0 Å². The van der Waals surface area contributed by atoms with E-state index in [1.807, 2.05) is 0 Å². The lowest BCUT2D eigenvalue weighted by molar-refractivity contribution is -0.144. The van der Waals surface area contributed by atoms with Crippen LogP contribution < -0.4 is 0 Å². The molecule has 5 heteroatoms. The standard InChI is InChI=1S/C9H12ClNO3/c1-3-14-8(13)9(10,6-11)5-4-7(2)12/h3-5H2,1-2H3. The predicted molar refractivity (Wildman–Crippen MR) is 50.7 cm³/mol. The average molecular weight is 218 g/mol. The third-order valence-electron chi connectivity index (χ3n) is 1.60. The molecule has 0 aliphatic carbocycles. The van der Waals surface area contributed by atoms with Crippen LogP contribution >= 0.6 is 11.6 Å². The fourth-order valence-electron chi connectivity index (χ4n) is 0.797. The van der Waals surface area contributed by atoms with Gasteiger partial charge >= 0.3 is 5.97 Å². The van der Waals surface area contributed by atoms with Gasteiger partial charge in [-0.3, -0.25) is 0 Å². The Balaban J connectivity index is 4.40. The number of ketones is 1. The smallest absolute Gasteiger partial charge is 0.341 e. The molecule has 0 saturated carbocycles. The van der Waals surface area contributed by atoms with E-state index in [1.54, 1.807) is 13.0 Å². The Morgan fingerprint density at radius 2 is 2.14 bits per heavy atom. The first-order chi connectivity index (χ1) is 6.46. The van der Waals surface area contributed by atoms with E-state index >= 15 is 0 Å². The highest BCUT2D eigenvalue weighted by atomic mass is 35.5. The first kappa shape index (κ1) is 12.9. The van der Waals surface area contributed by atoms with Crippen molar-refractivity contribution < 1.29 is 14.3 Å². The molecular formula is C9H12ClNO3. The van der Waals surface area contributed by atoms with Crippen LogP contribution in [0, 0.1) is 11.3 Å². The molecule has 78 valence electrons. The summed E-state index contributed by atoms with van der Waals surface area (Å²) in [6.45, 7) is 3.16. The third kappa shape index (κ3) is 3.75. The molecule has 0 aromatic heterocycles. The molecule has 0 aromatic rings. The second-order valence-corrected chi connectivity index (χ2v) is 3.48. The predicted octanol–water partition coefficient (Wildman–Crippen LogP) is 1.42. The summed E-state index contributed by atoms with van der Waals surface area (Å²) in [5.41, 5.74) is 0. The highest BCUT2D eigenvalue weighted by Gasteiger charge is 2.37. The van der Waals surface area contributed by atoms with Gasteiger partial charge in [-0.05, 0) is 20.3 Å². The van der Waals surface area contributed by atoms with Crippen molar-refractivity contribution in [2.75, 3.05) is 6.61 Å². The molecule has 0 bridgehead atoms. The third-order valence-corrected chi connectivity index (χ3v) is 2.03. The maximum absolute atomic E-state index is 11.2. The second-order valence-electron chi connectivity index (χ2n) is 2.84. The van der Waals surface area contributed by atoms with Crippen molar-refractivity contribution in [2.24, 2.45) is 0 Å². The van der Waals surface area contributed by atoms with Gasteiger partial charge in [-0.25, -0.2) is 4.79 Å². The van der Waals surface area contributed by atoms with Gasteiger partial charge in [0.05, 0.1) is 12.7 Å². The molecular weight excluding hydrogens is 206 g/mol. The van der Waals surface area contributed by atoms with Crippen molar-refractivity contribution in [3.05, 3.63) is 0 Å². The number of ether oxygens (including phenoxy) is 1. The molecule has 1 unspecified atom stereocenters. The summed E-state index contributed by atoms with van der Waals surface area (Å²) in [4.78, 5) is 20.2. The van der Waals surface area contributed by atoms with Gasteiger partial charge in [0.1, 0.15) is 5.78 Å².